The molecule has 6 nitrogen and oxygen atoms in total. The van der Waals surface area contributed by atoms with E-state index in [1.165, 1.54) is 0 Å². The summed E-state index contributed by atoms with van der Waals surface area (Å²) in [6.07, 6.45) is 3.87. The standard InChI is InChI=1S/C15H25N3O3/c1-5-11-10-15(11,16-13(20)21-14(2,3)4)12(19)17-18-8-6-7-9-18/h5,11H,1,6-10H2,2-4H3,(H,16,20)(H,17,19)/t11-,15-/m1/s1. The van der Waals surface area contributed by atoms with Gasteiger partial charge in [-0.3, -0.25) is 10.2 Å². The third-order valence-corrected chi connectivity index (χ3v) is 3.79. The Bertz CT molecular complexity index is 438. The number of carbonyl (C=O) groups excluding carboxylic acids is 2. The molecule has 1 aliphatic heterocycles. The summed E-state index contributed by atoms with van der Waals surface area (Å²) in [5, 5.41) is 4.63. The normalized spacial score (nSPS) is 28.8. The second kappa shape index (κ2) is 5.67. The minimum absolute atomic E-state index is 0.0485. The maximum atomic E-state index is 12.5. The summed E-state index contributed by atoms with van der Waals surface area (Å²) in [5.41, 5.74) is 1.39. The van der Waals surface area contributed by atoms with Crippen molar-refractivity contribution in [2.75, 3.05) is 13.1 Å². The summed E-state index contributed by atoms with van der Waals surface area (Å²) < 4.78 is 5.25. The van der Waals surface area contributed by atoms with Crippen molar-refractivity contribution in [2.24, 2.45) is 5.92 Å². The van der Waals surface area contributed by atoms with Gasteiger partial charge in [0.25, 0.3) is 5.91 Å². The highest BCUT2D eigenvalue weighted by Crippen LogP contribution is 2.44. The Morgan fingerprint density at radius 1 is 1.33 bits per heavy atom. The summed E-state index contributed by atoms with van der Waals surface area (Å²) in [7, 11) is 0. The summed E-state index contributed by atoms with van der Waals surface area (Å²) >= 11 is 0. The molecule has 0 unspecified atom stereocenters. The minimum Gasteiger partial charge on any atom is -0.444 e. The Morgan fingerprint density at radius 3 is 2.43 bits per heavy atom. The van der Waals surface area contributed by atoms with Crippen LogP contribution in [0.15, 0.2) is 12.7 Å². The molecule has 0 spiro atoms. The van der Waals surface area contributed by atoms with Crippen LogP contribution in [0.4, 0.5) is 4.79 Å². The fraction of sp³-hybridized carbons (Fsp3) is 0.733. The van der Waals surface area contributed by atoms with Crippen molar-refractivity contribution in [3.8, 4) is 0 Å². The predicted molar refractivity (Wildman–Crippen MR) is 79.4 cm³/mol. The van der Waals surface area contributed by atoms with Gasteiger partial charge in [0.15, 0.2) is 0 Å². The number of hydrogen-bond acceptors (Lipinski definition) is 4. The third kappa shape index (κ3) is 3.75. The Morgan fingerprint density at radius 2 is 1.95 bits per heavy atom. The molecule has 2 N–H and O–H groups in total. The maximum Gasteiger partial charge on any atom is 0.408 e. The maximum absolute atomic E-state index is 12.5. The summed E-state index contributed by atoms with van der Waals surface area (Å²) in [5.74, 6) is -0.229. The molecule has 0 radical (unpaired) electrons. The van der Waals surface area contributed by atoms with Crippen LogP contribution in [0.3, 0.4) is 0 Å². The number of rotatable bonds is 4. The molecular formula is C15H25N3O3. The molecule has 1 saturated heterocycles. The first-order valence-electron chi connectivity index (χ1n) is 7.46. The number of hydrogen-bond donors (Lipinski definition) is 2. The molecular weight excluding hydrogens is 270 g/mol. The SMILES string of the molecule is C=C[C@@H]1C[C@]1(NC(=O)OC(C)(C)C)C(=O)NN1CCCC1. The van der Waals surface area contributed by atoms with Crippen molar-refractivity contribution in [1.29, 1.82) is 0 Å². The van der Waals surface area contributed by atoms with Gasteiger partial charge in [-0.15, -0.1) is 6.58 Å². The molecule has 1 heterocycles. The zero-order valence-electron chi connectivity index (χ0n) is 13.1. The number of alkyl carbamates (subject to hydrolysis) is 1. The van der Waals surface area contributed by atoms with Crippen LogP contribution in [0.5, 0.6) is 0 Å². The monoisotopic (exact) mass is 295 g/mol. The van der Waals surface area contributed by atoms with Gasteiger partial charge in [0.05, 0.1) is 0 Å². The van der Waals surface area contributed by atoms with E-state index in [1.807, 2.05) is 5.01 Å². The Hall–Kier alpha value is -1.56. The van der Waals surface area contributed by atoms with Gasteiger partial charge < -0.3 is 10.1 Å². The lowest BCUT2D eigenvalue weighted by atomic mass is 10.2. The molecule has 2 atom stereocenters. The van der Waals surface area contributed by atoms with Crippen LogP contribution in [0.2, 0.25) is 0 Å². The Labute approximate surface area is 125 Å². The molecule has 0 bridgehead atoms. The van der Waals surface area contributed by atoms with E-state index in [-0.39, 0.29) is 11.8 Å². The van der Waals surface area contributed by atoms with Gasteiger partial charge >= 0.3 is 6.09 Å². The second-order valence-corrected chi connectivity index (χ2v) is 6.78. The van der Waals surface area contributed by atoms with E-state index in [1.54, 1.807) is 26.8 Å². The first-order valence-corrected chi connectivity index (χ1v) is 7.46. The largest absolute Gasteiger partial charge is 0.444 e. The predicted octanol–water partition coefficient (Wildman–Crippen LogP) is 1.58. The van der Waals surface area contributed by atoms with Crippen molar-refractivity contribution < 1.29 is 14.3 Å². The second-order valence-electron chi connectivity index (χ2n) is 6.78. The average molecular weight is 295 g/mol. The third-order valence-electron chi connectivity index (χ3n) is 3.79. The zero-order valence-corrected chi connectivity index (χ0v) is 13.1. The highest BCUT2D eigenvalue weighted by atomic mass is 16.6. The fourth-order valence-electron chi connectivity index (χ4n) is 2.59. The molecule has 1 aliphatic carbocycles. The first kappa shape index (κ1) is 15.8. The van der Waals surface area contributed by atoms with Crippen LogP contribution in [0, 0.1) is 5.92 Å². The van der Waals surface area contributed by atoms with Crippen molar-refractivity contribution in [1.82, 2.24) is 15.8 Å². The number of hydrazine groups is 1. The van der Waals surface area contributed by atoms with E-state index < -0.39 is 17.2 Å². The highest BCUT2D eigenvalue weighted by Gasteiger charge is 2.60. The summed E-state index contributed by atoms with van der Waals surface area (Å²) in [4.78, 5) is 24.4. The molecule has 21 heavy (non-hydrogen) atoms. The van der Waals surface area contributed by atoms with Crippen LogP contribution in [-0.4, -0.2) is 41.2 Å². The van der Waals surface area contributed by atoms with Crippen LogP contribution in [0.25, 0.3) is 0 Å². The summed E-state index contributed by atoms with van der Waals surface area (Å²) in [6.45, 7) is 10.8. The van der Waals surface area contributed by atoms with E-state index in [0.29, 0.717) is 6.42 Å². The van der Waals surface area contributed by atoms with E-state index >= 15 is 0 Å². The first-order chi connectivity index (χ1) is 9.77. The van der Waals surface area contributed by atoms with Gasteiger partial charge in [0.1, 0.15) is 11.1 Å². The number of nitrogens with one attached hydrogen (secondary N) is 2. The van der Waals surface area contributed by atoms with Crippen LogP contribution < -0.4 is 10.7 Å². The van der Waals surface area contributed by atoms with E-state index in [2.05, 4.69) is 17.3 Å². The van der Waals surface area contributed by atoms with Crippen molar-refractivity contribution >= 4 is 12.0 Å². The smallest absolute Gasteiger partial charge is 0.408 e. The quantitative estimate of drug-likeness (QED) is 0.773. The molecule has 0 aromatic rings. The van der Waals surface area contributed by atoms with E-state index in [9.17, 15) is 9.59 Å². The van der Waals surface area contributed by atoms with Gasteiger partial charge in [-0.25, -0.2) is 9.80 Å². The van der Waals surface area contributed by atoms with Crippen molar-refractivity contribution in [3.63, 3.8) is 0 Å². The highest BCUT2D eigenvalue weighted by molar-refractivity contribution is 5.93. The lowest BCUT2D eigenvalue weighted by Gasteiger charge is -2.25. The molecule has 1 saturated carbocycles. The molecule has 6 heteroatoms. The molecule has 0 aromatic carbocycles. The van der Waals surface area contributed by atoms with E-state index in [4.69, 9.17) is 4.74 Å². The van der Waals surface area contributed by atoms with Gasteiger partial charge in [-0.2, -0.15) is 0 Å². The molecule has 2 amide bonds. The van der Waals surface area contributed by atoms with Gasteiger partial charge in [-0.05, 0) is 40.0 Å². The Balaban J connectivity index is 1.98. The van der Waals surface area contributed by atoms with Crippen LogP contribution in [0.1, 0.15) is 40.0 Å². The van der Waals surface area contributed by atoms with Crippen molar-refractivity contribution in [2.45, 2.75) is 51.2 Å². The zero-order chi connectivity index (χ0) is 15.7. The van der Waals surface area contributed by atoms with Crippen molar-refractivity contribution in [3.05, 3.63) is 12.7 Å². The lowest BCUT2D eigenvalue weighted by Crippen LogP contribution is -2.55. The van der Waals surface area contributed by atoms with Crippen LogP contribution >= 0.6 is 0 Å². The number of amides is 2. The molecule has 0 aromatic heterocycles. The molecule has 2 rings (SSSR count). The summed E-state index contributed by atoms with van der Waals surface area (Å²) in [6, 6.07) is 0. The minimum atomic E-state index is -0.910. The molecule has 118 valence electrons. The van der Waals surface area contributed by atoms with Crippen LogP contribution in [-0.2, 0) is 9.53 Å². The van der Waals surface area contributed by atoms with Gasteiger partial charge in [-0.1, -0.05) is 6.08 Å². The Kier molecular flexibility index (Phi) is 4.27. The number of nitrogens with zero attached hydrogens (tertiary/aromatic N) is 1. The lowest BCUT2D eigenvalue weighted by molar-refractivity contribution is -0.129. The number of ether oxygens (including phenoxy) is 1. The number of carbonyl (C=O) groups is 2. The van der Waals surface area contributed by atoms with Gasteiger partial charge in [0, 0.05) is 19.0 Å². The topological polar surface area (TPSA) is 70.7 Å². The average Bonchev–Trinajstić information content (AvgIpc) is 2.81. The van der Waals surface area contributed by atoms with Gasteiger partial charge in [0.2, 0.25) is 0 Å². The molecule has 2 fully saturated rings. The fourth-order valence-corrected chi connectivity index (χ4v) is 2.59. The molecule has 2 aliphatic rings. The van der Waals surface area contributed by atoms with E-state index in [0.717, 1.165) is 25.9 Å².